The number of methoxy groups -OCH3 is 2. The third-order valence-electron chi connectivity index (χ3n) is 2.73. The average Bonchev–Trinajstić information content (AvgIpc) is 2.42. The monoisotopic (exact) mass is 321 g/mol. The van der Waals surface area contributed by atoms with Crippen LogP contribution >= 0.6 is 10.7 Å². The van der Waals surface area contributed by atoms with Gasteiger partial charge in [0.1, 0.15) is 0 Å². The lowest BCUT2D eigenvalue weighted by molar-refractivity contribution is -0.120. The molecule has 0 fully saturated rings. The van der Waals surface area contributed by atoms with E-state index in [-0.39, 0.29) is 29.4 Å². The molecule has 0 aliphatic heterocycles. The molecule has 0 unspecified atom stereocenters. The Bertz CT molecular complexity index is 600. The Morgan fingerprint density at radius 1 is 1.25 bits per heavy atom. The Balaban J connectivity index is 3.28. The molecule has 0 heterocycles. The van der Waals surface area contributed by atoms with Crippen LogP contribution in [0.15, 0.2) is 17.0 Å². The summed E-state index contributed by atoms with van der Waals surface area (Å²) in [6.07, 6.45) is 0.368. The Kier molecular flexibility index (Phi) is 5.64. The lowest BCUT2D eigenvalue weighted by atomic mass is 10.1. The minimum absolute atomic E-state index is 0.0827. The summed E-state index contributed by atoms with van der Waals surface area (Å²) in [6, 6.07) is 2.80. The average molecular weight is 322 g/mol. The second kappa shape index (κ2) is 6.81. The van der Waals surface area contributed by atoms with Gasteiger partial charge in [0.2, 0.25) is 5.91 Å². The van der Waals surface area contributed by atoms with E-state index < -0.39 is 9.05 Å². The maximum absolute atomic E-state index is 11.6. The van der Waals surface area contributed by atoms with Gasteiger partial charge >= 0.3 is 0 Å². The minimum atomic E-state index is -3.94. The molecule has 0 aliphatic rings. The second-order valence-corrected chi connectivity index (χ2v) is 6.46. The fraction of sp³-hybridized carbons (Fsp3) is 0.417. The van der Waals surface area contributed by atoms with Gasteiger partial charge in [-0.05, 0) is 18.1 Å². The van der Waals surface area contributed by atoms with Crippen molar-refractivity contribution in [2.75, 3.05) is 21.3 Å². The third kappa shape index (κ3) is 4.01. The maximum Gasteiger partial charge on any atom is 0.261 e. The van der Waals surface area contributed by atoms with Crippen LogP contribution in [0, 0.1) is 0 Å². The highest BCUT2D eigenvalue weighted by molar-refractivity contribution is 8.13. The van der Waals surface area contributed by atoms with Gasteiger partial charge in [-0.2, -0.15) is 0 Å². The van der Waals surface area contributed by atoms with Crippen molar-refractivity contribution < 1.29 is 22.7 Å². The number of amides is 1. The Labute approximate surface area is 122 Å². The summed E-state index contributed by atoms with van der Waals surface area (Å²) in [5.41, 5.74) is 0.404. The van der Waals surface area contributed by atoms with Gasteiger partial charge < -0.3 is 14.8 Å². The Morgan fingerprint density at radius 3 is 2.25 bits per heavy atom. The quantitative estimate of drug-likeness (QED) is 0.799. The van der Waals surface area contributed by atoms with Crippen molar-refractivity contribution in [3.05, 3.63) is 17.7 Å². The summed E-state index contributed by atoms with van der Waals surface area (Å²) in [5.74, 6) is 0.441. The molecule has 20 heavy (non-hydrogen) atoms. The molecule has 0 bridgehead atoms. The largest absolute Gasteiger partial charge is 0.493 e. The van der Waals surface area contributed by atoms with Crippen LogP contribution in [-0.4, -0.2) is 35.6 Å². The fourth-order valence-corrected chi connectivity index (χ4v) is 2.85. The molecule has 6 nitrogen and oxygen atoms in total. The van der Waals surface area contributed by atoms with E-state index in [1.165, 1.54) is 33.4 Å². The molecule has 0 atom stereocenters. The molecule has 0 saturated carbocycles. The minimum Gasteiger partial charge on any atom is -0.493 e. The Morgan fingerprint density at radius 2 is 1.80 bits per heavy atom. The molecule has 0 radical (unpaired) electrons. The molecule has 1 aromatic rings. The number of carbonyl (C=O) groups is 1. The summed E-state index contributed by atoms with van der Waals surface area (Å²) >= 11 is 0. The number of nitrogens with one attached hydrogen (secondary N) is 1. The highest BCUT2D eigenvalue weighted by atomic mass is 35.7. The fourth-order valence-electron chi connectivity index (χ4n) is 1.70. The van der Waals surface area contributed by atoms with Gasteiger partial charge in [0.05, 0.1) is 19.1 Å². The van der Waals surface area contributed by atoms with Crippen LogP contribution in [0.4, 0.5) is 0 Å². The van der Waals surface area contributed by atoms with E-state index in [2.05, 4.69) is 5.32 Å². The number of halogens is 1. The zero-order chi connectivity index (χ0) is 15.3. The van der Waals surface area contributed by atoms with Crippen molar-refractivity contribution >= 4 is 25.6 Å². The number of aryl methyl sites for hydroxylation is 1. The molecule has 0 saturated heterocycles. The normalized spacial score (nSPS) is 11.0. The van der Waals surface area contributed by atoms with Gasteiger partial charge in [0.15, 0.2) is 11.5 Å². The van der Waals surface area contributed by atoms with E-state index in [9.17, 15) is 13.2 Å². The third-order valence-corrected chi connectivity index (χ3v) is 4.13. The van der Waals surface area contributed by atoms with Crippen molar-refractivity contribution in [1.29, 1.82) is 0 Å². The number of ether oxygens (including phenoxy) is 2. The van der Waals surface area contributed by atoms with Crippen molar-refractivity contribution in [2.24, 2.45) is 0 Å². The van der Waals surface area contributed by atoms with Gasteiger partial charge in [0, 0.05) is 30.2 Å². The van der Waals surface area contributed by atoms with Gasteiger partial charge in [0.25, 0.3) is 9.05 Å². The van der Waals surface area contributed by atoms with Gasteiger partial charge in [-0.25, -0.2) is 8.42 Å². The van der Waals surface area contributed by atoms with Crippen LogP contribution in [0.2, 0.25) is 0 Å². The topological polar surface area (TPSA) is 81.7 Å². The first kappa shape index (κ1) is 16.6. The van der Waals surface area contributed by atoms with Crippen LogP contribution in [0.25, 0.3) is 0 Å². The van der Waals surface area contributed by atoms with E-state index in [4.69, 9.17) is 20.2 Å². The van der Waals surface area contributed by atoms with E-state index in [0.717, 1.165) is 0 Å². The number of carbonyl (C=O) groups excluding carboxylic acids is 1. The number of benzene rings is 1. The predicted octanol–water partition coefficient (Wildman–Crippen LogP) is 1.31. The van der Waals surface area contributed by atoms with Crippen LogP contribution in [0.3, 0.4) is 0 Å². The molecule has 1 aromatic carbocycles. The Hall–Kier alpha value is -1.47. The molecule has 112 valence electrons. The summed E-state index contributed by atoms with van der Waals surface area (Å²) < 4.78 is 33.4. The highest BCUT2D eigenvalue weighted by Crippen LogP contribution is 2.34. The number of hydrogen-bond acceptors (Lipinski definition) is 5. The smallest absolute Gasteiger partial charge is 0.261 e. The first-order valence-corrected chi connectivity index (χ1v) is 8.04. The van der Waals surface area contributed by atoms with E-state index in [1.54, 1.807) is 0 Å². The molecular formula is C12H16ClNO5S. The molecule has 0 spiro atoms. The number of hydrogen-bond donors (Lipinski definition) is 1. The van der Waals surface area contributed by atoms with Crippen LogP contribution in [0.1, 0.15) is 12.0 Å². The summed E-state index contributed by atoms with van der Waals surface area (Å²) in [4.78, 5) is 11.2. The zero-order valence-corrected chi connectivity index (χ0v) is 13.0. The summed E-state index contributed by atoms with van der Waals surface area (Å²) in [5, 5.41) is 2.47. The van der Waals surface area contributed by atoms with Crippen molar-refractivity contribution in [3.8, 4) is 11.5 Å². The van der Waals surface area contributed by atoms with E-state index >= 15 is 0 Å². The van der Waals surface area contributed by atoms with Crippen LogP contribution in [-0.2, 0) is 20.3 Å². The van der Waals surface area contributed by atoms with Crippen LogP contribution in [0.5, 0.6) is 11.5 Å². The first-order chi connectivity index (χ1) is 9.33. The molecule has 8 heteroatoms. The molecule has 0 aromatic heterocycles. The van der Waals surface area contributed by atoms with E-state index in [0.29, 0.717) is 11.3 Å². The number of rotatable bonds is 6. The van der Waals surface area contributed by atoms with E-state index in [1.807, 2.05) is 0 Å². The van der Waals surface area contributed by atoms with Crippen molar-refractivity contribution in [3.63, 3.8) is 0 Å². The van der Waals surface area contributed by atoms with Crippen molar-refractivity contribution in [1.82, 2.24) is 5.32 Å². The standard InChI is InChI=1S/C12H16ClNO5S/c1-14-12(15)5-4-8-6-9(18-2)10(19-3)7-11(8)20(13,16)17/h6-7H,4-5H2,1-3H3,(H,14,15). The highest BCUT2D eigenvalue weighted by Gasteiger charge is 2.20. The summed E-state index contributed by atoms with van der Waals surface area (Å²) in [6.45, 7) is 0. The lowest BCUT2D eigenvalue weighted by Crippen LogP contribution is -2.18. The van der Waals surface area contributed by atoms with Gasteiger partial charge in [-0.1, -0.05) is 0 Å². The van der Waals surface area contributed by atoms with Crippen molar-refractivity contribution in [2.45, 2.75) is 17.7 Å². The van der Waals surface area contributed by atoms with Crippen LogP contribution < -0.4 is 14.8 Å². The summed E-state index contributed by atoms with van der Waals surface area (Å²) in [7, 11) is 5.82. The zero-order valence-electron chi connectivity index (χ0n) is 11.4. The molecule has 1 rings (SSSR count). The molecular weight excluding hydrogens is 306 g/mol. The van der Waals surface area contributed by atoms with Gasteiger partial charge in [-0.3, -0.25) is 4.79 Å². The van der Waals surface area contributed by atoms with Gasteiger partial charge in [-0.15, -0.1) is 0 Å². The second-order valence-electron chi connectivity index (χ2n) is 3.93. The first-order valence-electron chi connectivity index (χ1n) is 5.73. The predicted molar refractivity (Wildman–Crippen MR) is 75.0 cm³/mol. The SMILES string of the molecule is CNC(=O)CCc1cc(OC)c(OC)cc1S(=O)(=O)Cl. The lowest BCUT2D eigenvalue weighted by Gasteiger charge is -2.13. The molecule has 0 aliphatic carbocycles. The maximum atomic E-state index is 11.6. The molecule has 1 amide bonds. The molecule has 1 N–H and O–H groups in total.